The molecule has 1 fully saturated rings. The fraction of sp³-hybridized carbons (Fsp3) is 0.462. The van der Waals surface area contributed by atoms with Crippen LogP contribution in [0, 0.1) is 5.92 Å². The number of imidazole rings is 1. The van der Waals surface area contributed by atoms with Crippen LogP contribution in [0.4, 0.5) is 19.5 Å². The highest BCUT2D eigenvalue weighted by molar-refractivity contribution is 5.84. The summed E-state index contributed by atoms with van der Waals surface area (Å²) in [6.07, 6.45) is 0.651. The first kappa shape index (κ1) is 23.4. The smallest absolute Gasteiger partial charge is 0.320 e. The van der Waals surface area contributed by atoms with Crippen LogP contribution in [-0.2, 0) is 6.54 Å². The number of carbonyl (C=O) groups is 1. The molecule has 5 rings (SSSR count). The molecule has 0 aliphatic carbocycles. The molecule has 2 N–H and O–H groups in total. The monoisotopic (exact) mass is 483 g/mol. The largest absolute Gasteiger partial charge is 0.491 e. The van der Waals surface area contributed by atoms with Crippen LogP contribution in [0.25, 0.3) is 22.2 Å². The van der Waals surface area contributed by atoms with Crippen LogP contribution in [0.15, 0.2) is 36.4 Å². The van der Waals surface area contributed by atoms with E-state index in [1.807, 2.05) is 31.2 Å². The van der Waals surface area contributed by atoms with Gasteiger partial charge < -0.3 is 24.8 Å². The molecular formula is C26H31F2N5O2. The van der Waals surface area contributed by atoms with Gasteiger partial charge in [-0.25, -0.2) is 18.6 Å². The number of aromatic amines is 1. The molecule has 9 heteroatoms. The zero-order chi connectivity index (χ0) is 24.6. The Morgan fingerprint density at radius 2 is 1.89 bits per heavy atom. The highest BCUT2D eigenvalue weighted by Gasteiger charge is 2.38. The number of piperidine rings is 1. The molecule has 2 aliphatic heterocycles. The standard InChI is InChI=1S/C26H31F2N5O2/c1-3-29-24-30-21-6-4-18(15-22(21)31-24)17-5-7-23-19(14-17)16-33(12-13-35-23)25(34)32-10-8-20(9-11-32)26(2,27)28/h4-7,14-15,20H,3,8-13,16H2,1-2H3,(H2,29,30,31). The Labute approximate surface area is 203 Å². The second-order valence-electron chi connectivity index (χ2n) is 9.44. The molecule has 2 aliphatic rings. The molecule has 0 radical (unpaired) electrons. The lowest BCUT2D eigenvalue weighted by molar-refractivity contribution is -0.0594. The third kappa shape index (κ3) is 4.90. The molecule has 0 unspecified atom stereocenters. The number of halogens is 2. The Balaban J connectivity index is 1.33. The molecule has 3 aromatic rings. The molecule has 0 saturated carbocycles. The summed E-state index contributed by atoms with van der Waals surface area (Å²) in [4.78, 5) is 24.5. The summed E-state index contributed by atoms with van der Waals surface area (Å²) in [5.41, 5.74) is 4.83. The highest BCUT2D eigenvalue weighted by Crippen LogP contribution is 2.34. The van der Waals surface area contributed by atoms with Crippen molar-refractivity contribution in [2.45, 2.75) is 39.2 Å². The van der Waals surface area contributed by atoms with Crippen molar-refractivity contribution >= 4 is 23.0 Å². The Hall–Kier alpha value is -3.36. The van der Waals surface area contributed by atoms with E-state index in [0.29, 0.717) is 45.6 Å². The number of amides is 2. The van der Waals surface area contributed by atoms with Gasteiger partial charge in [0.15, 0.2) is 0 Å². The number of hydrogen-bond donors (Lipinski definition) is 2. The van der Waals surface area contributed by atoms with Gasteiger partial charge in [-0.3, -0.25) is 0 Å². The summed E-state index contributed by atoms with van der Waals surface area (Å²) in [7, 11) is 0. The van der Waals surface area contributed by atoms with Crippen molar-refractivity contribution < 1.29 is 18.3 Å². The average molecular weight is 484 g/mol. The summed E-state index contributed by atoms with van der Waals surface area (Å²) in [6, 6.07) is 12.0. The number of likely N-dealkylation sites (tertiary alicyclic amines) is 1. The molecule has 2 amide bonds. The second-order valence-corrected chi connectivity index (χ2v) is 9.44. The van der Waals surface area contributed by atoms with Gasteiger partial charge in [0.25, 0.3) is 0 Å². The quantitative estimate of drug-likeness (QED) is 0.525. The van der Waals surface area contributed by atoms with E-state index in [9.17, 15) is 13.6 Å². The van der Waals surface area contributed by atoms with E-state index in [0.717, 1.165) is 52.9 Å². The number of aromatic nitrogens is 2. The van der Waals surface area contributed by atoms with E-state index in [2.05, 4.69) is 27.4 Å². The van der Waals surface area contributed by atoms with Crippen LogP contribution in [-0.4, -0.2) is 64.5 Å². The molecule has 0 spiro atoms. The number of benzene rings is 2. The minimum absolute atomic E-state index is 0.112. The number of H-pyrrole nitrogens is 1. The average Bonchev–Trinajstić information content (AvgIpc) is 3.12. The normalized spacial score (nSPS) is 17.1. The molecule has 0 atom stereocenters. The van der Waals surface area contributed by atoms with Crippen LogP contribution in [0.1, 0.15) is 32.3 Å². The number of rotatable bonds is 4. The fourth-order valence-electron chi connectivity index (χ4n) is 4.96. The number of nitrogens with zero attached hydrogens (tertiary/aromatic N) is 3. The zero-order valence-electron chi connectivity index (χ0n) is 20.1. The first-order chi connectivity index (χ1) is 16.8. The molecule has 2 aromatic carbocycles. The van der Waals surface area contributed by atoms with Gasteiger partial charge in [-0.15, -0.1) is 0 Å². The van der Waals surface area contributed by atoms with E-state index >= 15 is 0 Å². The summed E-state index contributed by atoms with van der Waals surface area (Å²) in [5, 5.41) is 3.19. The maximum Gasteiger partial charge on any atom is 0.320 e. The highest BCUT2D eigenvalue weighted by atomic mass is 19.3. The van der Waals surface area contributed by atoms with Crippen molar-refractivity contribution in [1.29, 1.82) is 0 Å². The van der Waals surface area contributed by atoms with E-state index in [4.69, 9.17) is 4.74 Å². The SMILES string of the molecule is CCNc1nc2ccc(-c3ccc4c(c3)CN(C(=O)N3CCC(C(C)(F)F)CC3)CCO4)cc2[nH]1. The minimum atomic E-state index is -2.70. The number of carbonyl (C=O) groups excluding carboxylic acids is 1. The van der Waals surface area contributed by atoms with Crippen molar-refractivity contribution in [2.75, 3.05) is 38.1 Å². The molecule has 186 valence electrons. The Morgan fingerprint density at radius 1 is 1.14 bits per heavy atom. The summed E-state index contributed by atoms with van der Waals surface area (Å²) < 4.78 is 33.3. The van der Waals surface area contributed by atoms with E-state index < -0.39 is 11.8 Å². The fourth-order valence-corrected chi connectivity index (χ4v) is 4.96. The van der Waals surface area contributed by atoms with Crippen LogP contribution >= 0.6 is 0 Å². The first-order valence-corrected chi connectivity index (χ1v) is 12.2. The number of anilines is 1. The zero-order valence-corrected chi connectivity index (χ0v) is 20.1. The lowest BCUT2D eigenvalue weighted by Gasteiger charge is -2.37. The number of alkyl halides is 2. The summed E-state index contributed by atoms with van der Waals surface area (Å²) in [5.74, 6) is -1.85. The van der Waals surface area contributed by atoms with Gasteiger partial charge in [-0.1, -0.05) is 12.1 Å². The van der Waals surface area contributed by atoms with E-state index in [1.54, 1.807) is 9.80 Å². The summed E-state index contributed by atoms with van der Waals surface area (Å²) in [6.45, 7) is 5.77. The minimum Gasteiger partial charge on any atom is -0.491 e. The van der Waals surface area contributed by atoms with Crippen LogP contribution in [0.2, 0.25) is 0 Å². The van der Waals surface area contributed by atoms with Gasteiger partial charge >= 0.3 is 6.03 Å². The second kappa shape index (κ2) is 9.36. The van der Waals surface area contributed by atoms with Crippen LogP contribution < -0.4 is 10.1 Å². The number of ether oxygens (including phenoxy) is 1. The molecule has 1 saturated heterocycles. The Kier molecular flexibility index (Phi) is 6.25. The van der Waals surface area contributed by atoms with Crippen molar-refractivity contribution in [2.24, 2.45) is 5.92 Å². The lowest BCUT2D eigenvalue weighted by Crippen LogP contribution is -2.48. The molecule has 3 heterocycles. The molecule has 7 nitrogen and oxygen atoms in total. The molecule has 0 bridgehead atoms. The predicted octanol–water partition coefficient (Wildman–Crippen LogP) is 5.34. The summed E-state index contributed by atoms with van der Waals surface area (Å²) >= 11 is 0. The first-order valence-electron chi connectivity index (χ1n) is 12.2. The van der Waals surface area contributed by atoms with E-state index in [-0.39, 0.29) is 6.03 Å². The predicted molar refractivity (Wildman–Crippen MR) is 132 cm³/mol. The third-order valence-corrected chi connectivity index (χ3v) is 6.95. The molecule has 1 aromatic heterocycles. The van der Waals surface area contributed by atoms with Crippen molar-refractivity contribution in [3.05, 3.63) is 42.0 Å². The molecular weight excluding hydrogens is 452 g/mol. The molecule has 35 heavy (non-hydrogen) atoms. The Bertz CT molecular complexity index is 1210. The number of nitrogens with one attached hydrogen (secondary N) is 2. The van der Waals surface area contributed by atoms with Gasteiger partial charge in [0.1, 0.15) is 12.4 Å². The lowest BCUT2D eigenvalue weighted by atomic mass is 9.91. The number of fused-ring (bicyclic) bond motifs is 2. The topological polar surface area (TPSA) is 73.5 Å². The Morgan fingerprint density at radius 3 is 2.63 bits per heavy atom. The van der Waals surface area contributed by atoms with Gasteiger partial charge in [0.05, 0.1) is 24.1 Å². The van der Waals surface area contributed by atoms with Crippen LogP contribution in [0.3, 0.4) is 0 Å². The van der Waals surface area contributed by atoms with Gasteiger partial charge in [-0.2, -0.15) is 0 Å². The van der Waals surface area contributed by atoms with E-state index in [1.165, 1.54) is 0 Å². The maximum atomic E-state index is 13.7. The van der Waals surface area contributed by atoms with Crippen molar-refractivity contribution in [1.82, 2.24) is 19.8 Å². The van der Waals surface area contributed by atoms with Gasteiger partial charge in [0.2, 0.25) is 11.9 Å². The maximum absolute atomic E-state index is 13.7. The van der Waals surface area contributed by atoms with Gasteiger partial charge in [-0.05, 0) is 62.1 Å². The third-order valence-electron chi connectivity index (χ3n) is 6.95. The van der Waals surface area contributed by atoms with Crippen molar-refractivity contribution in [3.63, 3.8) is 0 Å². The number of hydrogen-bond acceptors (Lipinski definition) is 4. The van der Waals surface area contributed by atoms with Gasteiger partial charge in [0, 0.05) is 31.1 Å². The van der Waals surface area contributed by atoms with Crippen LogP contribution in [0.5, 0.6) is 5.75 Å². The number of urea groups is 1. The van der Waals surface area contributed by atoms with Crippen molar-refractivity contribution in [3.8, 4) is 16.9 Å².